The number of esters is 1. The molecule has 0 fully saturated rings. The van der Waals surface area contributed by atoms with Crippen LogP contribution >= 0.6 is 11.3 Å². The average Bonchev–Trinajstić information content (AvgIpc) is 3.23. The lowest BCUT2D eigenvalue weighted by atomic mass is 10.2. The number of nitrogens with one attached hydrogen (secondary N) is 1. The first-order valence-corrected chi connectivity index (χ1v) is 10.2. The maximum atomic E-state index is 13.0. The van der Waals surface area contributed by atoms with E-state index < -0.39 is 21.7 Å². The summed E-state index contributed by atoms with van der Waals surface area (Å²) in [6.07, 6.45) is 0. The highest BCUT2D eigenvalue weighted by Crippen LogP contribution is 2.29. The molecule has 1 aromatic heterocycles. The van der Waals surface area contributed by atoms with Crippen LogP contribution in [-0.2, 0) is 14.6 Å². The number of benzene rings is 2. The van der Waals surface area contributed by atoms with E-state index >= 15 is 0 Å². The van der Waals surface area contributed by atoms with Crippen LogP contribution in [0.3, 0.4) is 0 Å². The molecule has 0 aliphatic carbocycles. The van der Waals surface area contributed by atoms with E-state index in [4.69, 9.17) is 0 Å². The molecular weight excluding hydrogens is 386 g/mol. The number of amides is 1. The molecule has 0 bridgehead atoms. The van der Waals surface area contributed by atoms with Gasteiger partial charge >= 0.3 is 5.97 Å². The summed E-state index contributed by atoms with van der Waals surface area (Å²) in [6, 6.07) is 15.1. The van der Waals surface area contributed by atoms with Gasteiger partial charge in [-0.25, -0.2) is 13.2 Å². The van der Waals surface area contributed by atoms with Gasteiger partial charge in [-0.05, 0) is 41.8 Å². The van der Waals surface area contributed by atoms with Crippen molar-refractivity contribution in [1.82, 2.24) is 0 Å². The molecule has 138 valence electrons. The second kappa shape index (κ2) is 7.73. The van der Waals surface area contributed by atoms with Gasteiger partial charge in [0.15, 0.2) is 0 Å². The number of carbonyl (C=O) groups is 2. The van der Waals surface area contributed by atoms with Crippen LogP contribution in [-0.4, -0.2) is 27.4 Å². The Kier molecular flexibility index (Phi) is 5.38. The van der Waals surface area contributed by atoms with Crippen LogP contribution < -0.4 is 5.32 Å². The molecule has 8 heteroatoms. The van der Waals surface area contributed by atoms with Gasteiger partial charge in [-0.2, -0.15) is 0 Å². The summed E-state index contributed by atoms with van der Waals surface area (Å²) < 4.78 is 30.7. The van der Waals surface area contributed by atoms with Crippen molar-refractivity contribution in [2.24, 2.45) is 0 Å². The highest BCUT2D eigenvalue weighted by Gasteiger charge is 2.24. The first-order chi connectivity index (χ1) is 12.9. The number of methoxy groups -OCH3 is 1. The van der Waals surface area contributed by atoms with Crippen molar-refractivity contribution in [3.63, 3.8) is 0 Å². The fourth-order valence-corrected chi connectivity index (χ4v) is 4.46. The van der Waals surface area contributed by atoms with Gasteiger partial charge in [0.2, 0.25) is 9.84 Å². The number of sulfone groups is 1. The van der Waals surface area contributed by atoms with E-state index in [1.807, 2.05) is 0 Å². The Morgan fingerprint density at radius 3 is 2.37 bits per heavy atom. The van der Waals surface area contributed by atoms with Gasteiger partial charge in [-0.3, -0.25) is 4.79 Å². The second-order valence-electron chi connectivity index (χ2n) is 5.45. The van der Waals surface area contributed by atoms with Crippen LogP contribution in [0.2, 0.25) is 0 Å². The molecule has 3 rings (SSSR count). The summed E-state index contributed by atoms with van der Waals surface area (Å²) >= 11 is 1.22. The number of carbonyl (C=O) groups excluding carboxylic acids is 2. The van der Waals surface area contributed by atoms with Crippen LogP contribution in [0, 0.1) is 0 Å². The summed E-state index contributed by atoms with van der Waals surface area (Å²) in [5, 5.41) is 4.33. The highest BCUT2D eigenvalue weighted by molar-refractivity contribution is 7.91. The fraction of sp³-hybridized carbons (Fsp3) is 0.0526. The minimum atomic E-state index is -3.90. The summed E-state index contributed by atoms with van der Waals surface area (Å²) in [4.78, 5) is 24.7. The van der Waals surface area contributed by atoms with E-state index in [-0.39, 0.29) is 21.0 Å². The third kappa shape index (κ3) is 3.91. The van der Waals surface area contributed by atoms with Gasteiger partial charge in [0.1, 0.15) is 0 Å². The number of hydrogen-bond donors (Lipinski definition) is 1. The zero-order chi connectivity index (χ0) is 19.4. The molecule has 0 saturated carbocycles. The molecule has 6 nitrogen and oxygen atoms in total. The quantitative estimate of drug-likeness (QED) is 0.660. The molecule has 0 saturated heterocycles. The lowest BCUT2D eigenvalue weighted by molar-refractivity contribution is 0.0600. The molecule has 27 heavy (non-hydrogen) atoms. The molecular formula is C19H15NO5S2. The maximum Gasteiger partial charge on any atom is 0.337 e. The predicted octanol–water partition coefficient (Wildman–Crippen LogP) is 3.62. The molecule has 0 unspecified atom stereocenters. The number of anilines is 1. The predicted molar refractivity (Wildman–Crippen MR) is 102 cm³/mol. The van der Waals surface area contributed by atoms with Crippen LogP contribution in [0.1, 0.15) is 20.0 Å². The van der Waals surface area contributed by atoms with Crippen LogP contribution in [0.5, 0.6) is 0 Å². The standard InChI is InChI=1S/C19H15NO5S2/c1-25-19(22)13-9-10-17(27(23,24)14-6-3-2-4-7-14)15(12-13)20-18(21)16-8-5-11-26-16/h2-12H,1H3,(H,20,21). The molecule has 0 atom stereocenters. The molecule has 1 N–H and O–H groups in total. The minimum absolute atomic E-state index is 0.0140. The molecule has 2 aromatic carbocycles. The molecule has 0 aliphatic heterocycles. The minimum Gasteiger partial charge on any atom is -0.465 e. The van der Waals surface area contributed by atoms with Gasteiger partial charge < -0.3 is 10.1 Å². The smallest absolute Gasteiger partial charge is 0.337 e. The summed E-state index contributed by atoms with van der Waals surface area (Å²) in [6.45, 7) is 0. The number of ether oxygens (including phenoxy) is 1. The first-order valence-electron chi connectivity index (χ1n) is 7.81. The van der Waals surface area contributed by atoms with Crippen molar-refractivity contribution >= 4 is 38.7 Å². The van der Waals surface area contributed by atoms with E-state index in [9.17, 15) is 18.0 Å². The van der Waals surface area contributed by atoms with E-state index in [1.54, 1.807) is 35.7 Å². The Balaban J connectivity index is 2.10. The van der Waals surface area contributed by atoms with Gasteiger partial charge in [-0.1, -0.05) is 24.3 Å². The van der Waals surface area contributed by atoms with Gasteiger partial charge in [0, 0.05) is 0 Å². The highest BCUT2D eigenvalue weighted by atomic mass is 32.2. The monoisotopic (exact) mass is 401 g/mol. The van der Waals surface area contributed by atoms with Crippen molar-refractivity contribution in [3.8, 4) is 0 Å². The van der Waals surface area contributed by atoms with Crippen molar-refractivity contribution in [2.45, 2.75) is 9.79 Å². The second-order valence-corrected chi connectivity index (χ2v) is 8.32. The average molecular weight is 401 g/mol. The van der Waals surface area contributed by atoms with Gasteiger partial charge in [0.25, 0.3) is 5.91 Å². The summed E-state index contributed by atoms with van der Waals surface area (Å²) in [5.74, 6) is -1.10. The zero-order valence-electron chi connectivity index (χ0n) is 14.2. The maximum absolute atomic E-state index is 13.0. The van der Waals surface area contributed by atoms with E-state index in [0.717, 1.165) is 0 Å². The Labute approximate surface area is 160 Å². The van der Waals surface area contributed by atoms with Crippen LogP contribution in [0.15, 0.2) is 75.8 Å². The molecule has 3 aromatic rings. The first kappa shape index (κ1) is 18.8. The van der Waals surface area contributed by atoms with Crippen molar-refractivity contribution in [3.05, 3.63) is 76.5 Å². The molecule has 1 amide bonds. The summed E-state index contributed by atoms with van der Waals surface area (Å²) in [5.41, 5.74) is 0.145. The molecule has 0 aliphatic rings. The fourth-order valence-electron chi connectivity index (χ4n) is 2.43. The van der Waals surface area contributed by atoms with Gasteiger partial charge in [-0.15, -0.1) is 11.3 Å². The Morgan fingerprint density at radius 2 is 1.74 bits per heavy atom. The van der Waals surface area contributed by atoms with E-state index in [2.05, 4.69) is 10.1 Å². The molecule has 1 heterocycles. The topological polar surface area (TPSA) is 89.5 Å². The lowest BCUT2D eigenvalue weighted by Crippen LogP contribution is -2.15. The number of hydrogen-bond acceptors (Lipinski definition) is 6. The van der Waals surface area contributed by atoms with Crippen LogP contribution in [0.4, 0.5) is 5.69 Å². The van der Waals surface area contributed by atoms with E-state index in [1.165, 1.54) is 48.8 Å². The number of rotatable bonds is 5. The third-order valence-electron chi connectivity index (χ3n) is 3.74. The lowest BCUT2D eigenvalue weighted by Gasteiger charge is -2.13. The Morgan fingerprint density at radius 1 is 1.00 bits per heavy atom. The van der Waals surface area contributed by atoms with Crippen molar-refractivity contribution < 1.29 is 22.7 Å². The van der Waals surface area contributed by atoms with Crippen LogP contribution in [0.25, 0.3) is 0 Å². The Bertz CT molecular complexity index is 1070. The van der Waals surface area contributed by atoms with Crippen molar-refractivity contribution in [2.75, 3.05) is 12.4 Å². The van der Waals surface area contributed by atoms with Gasteiger partial charge in [0.05, 0.1) is 33.0 Å². The zero-order valence-corrected chi connectivity index (χ0v) is 15.8. The molecule has 0 radical (unpaired) electrons. The largest absolute Gasteiger partial charge is 0.465 e. The molecule has 0 spiro atoms. The third-order valence-corrected chi connectivity index (χ3v) is 6.43. The van der Waals surface area contributed by atoms with E-state index in [0.29, 0.717) is 4.88 Å². The Hall–Kier alpha value is -2.97. The number of thiophene rings is 1. The summed E-state index contributed by atoms with van der Waals surface area (Å²) in [7, 11) is -2.67. The SMILES string of the molecule is COC(=O)c1ccc(S(=O)(=O)c2ccccc2)c(NC(=O)c2cccs2)c1. The normalized spacial score (nSPS) is 11.0. The van der Waals surface area contributed by atoms with Crippen molar-refractivity contribution in [1.29, 1.82) is 0 Å².